The molecule has 0 radical (unpaired) electrons. The number of rotatable bonds is 3. The van der Waals surface area contributed by atoms with Crippen LogP contribution in [0, 0.1) is 5.92 Å². The van der Waals surface area contributed by atoms with Crippen molar-refractivity contribution in [3.63, 3.8) is 0 Å². The van der Waals surface area contributed by atoms with Crippen molar-refractivity contribution >= 4 is 16.6 Å². The number of ether oxygens (including phenoxy) is 2. The van der Waals surface area contributed by atoms with Crippen LogP contribution in [0.3, 0.4) is 0 Å². The summed E-state index contributed by atoms with van der Waals surface area (Å²) in [6.45, 7) is 4.10. The van der Waals surface area contributed by atoms with Gasteiger partial charge in [0.2, 0.25) is 0 Å². The summed E-state index contributed by atoms with van der Waals surface area (Å²) in [7, 11) is 3.10. The van der Waals surface area contributed by atoms with E-state index in [1.807, 2.05) is 26.0 Å². The number of pyridine rings is 1. The summed E-state index contributed by atoms with van der Waals surface area (Å²) in [5, 5.41) is 45.0. The molecule has 9 heteroatoms. The number of nitrogens with zero attached hydrogens (tertiary/aromatic N) is 1. The van der Waals surface area contributed by atoms with Gasteiger partial charge >= 0.3 is 0 Å². The highest BCUT2D eigenvalue weighted by Crippen LogP contribution is 2.56. The predicted molar refractivity (Wildman–Crippen MR) is 144 cm³/mol. The van der Waals surface area contributed by atoms with Gasteiger partial charge in [-0.05, 0) is 48.3 Å². The largest absolute Gasteiger partial charge is 0.506 e. The monoisotopic (exact) mass is 533 g/mol. The lowest BCUT2D eigenvalue weighted by Gasteiger charge is -2.40. The minimum Gasteiger partial charge on any atom is -0.506 e. The van der Waals surface area contributed by atoms with E-state index in [1.165, 1.54) is 19.3 Å². The molecule has 0 saturated carbocycles. The van der Waals surface area contributed by atoms with Gasteiger partial charge in [-0.15, -0.1) is 0 Å². The van der Waals surface area contributed by atoms with Crippen molar-refractivity contribution in [3.8, 4) is 34.1 Å². The fraction of sp³-hybridized carbons (Fsp3) is 0.400. The number of aromatic nitrogens is 1. The molecular weight excluding hydrogens is 502 g/mol. The first-order chi connectivity index (χ1) is 18.6. The third-order valence-electron chi connectivity index (χ3n) is 8.69. The van der Waals surface area contributed by atoms with Crippen molar-refractivity contribution in [2.45, 2.75) is 57.3 Å². The molecule has 2 aliphatic carbocycles. The second kappa shape index (κ2) is 8.86. The van der Waals surface area contributed by atoms with Gasteiger partial charge in [0.05, 0.1) is 24.5 Å². The normalized spacial score (nSPS) is 23.9. The fourth-order valence-electron chi connectivity index (χ4n) is 6.46. The zero-order valence-corrected chi connectivity index (χ0v) is 22.2. The van der Waals surface area contributed by atoms with E-state index in [4.69, 9.17) is 9.47 Å². The van der Waals surface area contributed by atoms with Crippen molar-refractivity contribution in [2.24, 2.45) is 13.0 Å². The van der Waals surface area contributed by atoms with Crippen molar-refractivity contribution in [1.29, 1.82) is 0 Å². The van der Waals surface area contributed by atoms with E-state index in [0.717, 1.165) is 17.7 Å². The minimum atomic E-state index is -1.21. The molecule has 0 bridgehead atoms. The number of ketones is 1. The van der Waals surface area contributed by atoms with Gasteiger partial charge in [0, 0.05) is 29.4 Å². The van der Waals surface area contributed by atoms with Crippen molar-refractivity contribution < 1.29 is 34.7 Å². The Morgan fingerprint density at radius 1 is 1.05 bits per heavy atom. The third kappa shape index (κ3) is 3.39. The maximum absolute atomic E-state index is 13.7. The van der Waals surface area contributed by atoms with Gasteiger partial charge in [0.1, 0.15) is 29.3 Å². The highest BCUT2D eigenvalue weighted by Gasteiger charge is 2.49. The number of Topliss-reactive ketones (excluding diaryl/α,β-unsaturated/α-hetero) is 1. The molecule has 6 rings (SSSR count). The first kappa shape index (κ1) is 25.5. The summed E-state index contributed by atoms with van der Waals surface area (Å²) in [5.74, 6) is -2.06. The first-order valence-electron chi connectivity index (χ1n) is 13.2. The Balaban J connectivity index is 1.65. The average molecular weight is 534 g/mol. The molecule has 3 aliphatic rings. The van der Waals surface area contributed by atoms with Crippen LogP contribution in [0.4, 0.5) is 0 Å². The number of fused-ring (bicyclic) bond motifs is 6. The maximum atomic E-state index is 13.7. The van der Waals surface area contributed by atoms with Crippen molar-refractivity contribution in [2.75, 3.05) is 7.11 Å². The molecule has 3 aromatic rings. The van der Waals surface area contributed by atoms with E-state index in [0.29, 0.717) is 23.8 Å². The zero-order chi connectivity index (χ0) is 27.9. The Bertz CT molecular complexity index is 1650. The van der Waals surface area contributed by atoms with Crippen LogP contribution in [-0.2, 0) is 19.9 Å². The van der Waals surface area contributed by atoms with E-state index < -0.39 is 35.8 Å². The SMILES string of the molecule is CCC(C)c1cc2cc3c(c(O)c2c(=O)n1C)-c1c(O)c2c(c(OC)c1CC3)OC1C(O)C=CC(O)C1C2=O. The molecule has 5 atom stereocenters. The summed E-state index contributed by atoms with van der Waals surface area (Å²) in [5.41, 5.74) is 2.06. The number of phenolic OH excluding ortho intramolecular Hbond substituents is 2. The zero-order valence-electron chi connectivity index (χ0n) is 22.2. The number of aliphatic hydroxyl groups is 2. The maximum Gasteiger partial charge on any atom is 0.262 e. The van der Waals surface area contributed by atoms with Crippen LogP contribution in [0.2, 0.25) is 0 Å². The van der Waals surface area contributed by atoms with E-state index >= 15 is 0 Å². The highest BCUT2D eigenvalue weighted by atomic mass is 16.5. The molecule has 4 N–H and O–H groups in total. The molecule has 9 nitrogen and oxygen atoms in total. The molecule has 5 unspecified atom stereocenters. The van der Waals surface area contributed by atoms with Crippen LogP contribution in [-0.4, -0.2) is 56.2 Å². The summed E-state index contributed by atoms with van der Waals surface area (Å²) in [6.07, 6.45) is 1.06. The lowest BCUT2D eigenvalue weighted by molar-refractivity contribution is -0.0232. The molecule has 0 amide bonds. The third-order valence-corrected chi connectivity index (χ3v) is 8.69. The highest BCUT2D eigenvalue weighted by molar-refractivity contribution is 6.09. The van der Waals surface area contributed by atoms with E-state index in [2.05, 4.69) is 0 Å². The summed E-state index contributed by atoms with van der Waals surface area (Å²) < 4.78 is 13.3. The number of aryl methyl sites for hydroxylation is 1. The molecule has 204 valence electrons. The predicted octanol–water partition coefficient (Wildman–Crippen LogP) is 3.09. The number of hydrogen-bond donors (Lipinski definition) is 4. The Hall–Kier alpha value is -3.82. The quantitative estimate of drug-likeness (QED) is 0.377. The first-order valence-corrected chi connectivity index (χ1v) is 13.2. The van der Waals surface area contributed by atoms with Gasteiger partial charge in [-0.2, -0.15) is 0 Å². The second-order valence-electron chi connectivity index (χ2n) is 10.7. The van der Waals surface area contributed by atoms with Gasteiger partial charge in [-0.3, -0.25) is 9.59 Å². The fourth-order valence-corrected chi connectivity index (χ4v) is 6.46. The average Bonchev–Trinajstić information content (AvgIpc) is 2.92. The van der Waals surface area contributed by atoms with Crippen LogP contribution < -0.4 is 15.0 Å². The molecule has 0 spiro atoms. The van der Waals surface area contributed by atoms with E-state index in [-0.39, 0.29) is 50.8 Å². The van der Waals surface area contributed by atoms with Crippen LogP contribution in [0.15, 0.2) is 29.1 Å². The number of phenols is 2. The minimum absolute atomic E-state index is 0.000567. The number of carbonyl (C=O) groups is 1. The summed E-state index contributed by atoms with van der Waals surface area (Å²) >= 11 is 0. The van der Waals surface area contributed by atoms with Gasteiger partial charge in [-0.1, -0.05) is 26.0 Å². The number of aliphatic hydroxyl groups excluding tert-OH is 2. The Labute approximate surface area is 224 Å². The molecule has 2 aromatic carbocycles. The Morgan fingerprint density at radius 2 is 1.77 bits per heavy atom. The van der Waals surface area contributed by atoms with Crippen LogP contribution in [0.5, 0.6) is 23.0 Å². The van der Waals surface area contributed by atoms with Gasteiger partial charge < -0.3 is 34.5 Å². The molecule has 2 heterocycles. The smallest absolute Gasteiger partial charge is 0.262 e. The summed E-state index contributed by atoms with van der Waals surface area (Å²) in [6, 6.07) is 3.79. The molecule has 0 fully saturated rings. The number of carbonyl (C=O) groups excluding carboxylic acids is 1. The van der Waals surface area contributed by atoms with Crippen LogP contribution >= 0.6 is 0 Å². The number of benzene rings is 2. The van der Waals surface area contributed by atoms with E-state index in [9.17, 15) is 30.0 Å². The Kier molecular flexibility index (Phi) is 5.78. The number of aromatic hydroxyl groups is 2. The lowest BCUT2D eigenvalue weighted by atomic mass is 9.75. The van der Waals surface area contributed by atoms with Crippen LogP contribution in [0.25, 0.3) is 21.9 Å². The molecular formula is C30H31NO8. The number of hydrogen-bond acceptors (Lipinski definition) is 8. The molecule has 1 aliphatic heterocycles. The number of methoxy groups -OCH3 is 1. The summed E-state index contributed by atoms with van der Waals surface area (Å²) in [4.78, 5) is 27.2. The molecule has 1 aromatic heterocycles. The van der Waals surface area contributed by atoms with Crippen molar-refractivity contribution in [1.82, 2.24) is 4.57 Å². The molecule has 39 heavy (non-hydrogen) atoms. The van der Waals surface area contributed by atoms with Gasteiger partial charge in [0.25, 0.3) is 5.56 Å². The van der Waals surface area contributed by atoms with Crippen molar-refractivity contribution in [3.05, 3.63) is 57.0 Å². The van der Waals surface area contributed by atoms with Gasteiger partial charge in [-0.25, -0.2) is 0 Å². The second-order valence-corrected chi connectivity index (χ2v) is 10.7. The lowest BCUT2D eigenvalue weighted by Crippen LogP contribution is -2.52. The van der Waals surface area contributed by atoms with Crippen LogP contribution in [0.1, 0.15) is 53.4 Å². The standard InChI is InChI=1S/C30H31NO8/c1-5-12(2)16-11-14-10-13-6-7-15-21(19(13)24(34)20(14)30(37)31(16)3)25(35)23-26(36)22-17(32)8-9-18(33)28(22)39-29(23)27(15)38-4/h8-12,17-18,22,28,32-35H,5-7H2,1-4H3. The van der Waals surface area contributed by atoms with Gasteiger partial charge in [0.15, 0.2) is 17.3 Å². The molecule has 0 saturated heterocycles. The topological polar surface area (TPSA) is 138 Å². The Morgan fingerprint density at radius 3 is 2.46 bits per heavy atom. The van der Waals surface area contributed by atoms with E-state index in [1.54, 1.807) is 11.6 Å².